The summed E-state index contributed by atoms with van der Waals surface area (Å²) in [5.74, 6) is 0.128. The number of tetrazole rings is 1. The second-order valence-corrected chi connectivity index (χ2v) is 3.50. The molecule has 1 unspecified atom stereocenters. The van der Waals surface area contributed by atoms with E-state index in [0.717, 1.165) is 18.7 Å². The van der Waals surface area contributed by atoms with Crippen LogP contribution in [0.2, 0.25) is 0 Å². The van der Waals surface area contributed by atoms with Crippen LogP contribution in [0.3, 0.4) is 0 Å². The molecule has 1 heterocycles. The Morgan fingerprint density at radius 2 is 2.27 bits per heavy atom. The van der Waals surface area contributed by atoms with Crippen molar-refractivity contribution in [3.63, 3.8) is 0 Å². The van der Waals surface area contributed by atoms with E-state index in [2.05, 4.69) is 15.5 Å². The Balaban J connectivity index is 2.62. The number of hydrogen-bond donors (Lipinski definition) is 1. The molecular weight excluding hydrogens is 196 g/mol. The first kappa shape index (κ1) is 11.6. The molecule has 1 rings (SSSR count). The van der Waals surface area contributed by atoms with Crippen LogP contribution in [0.15, 0.2) is 0 Å². The fourth-order valence-corrected chi connectivity index (χ4v) is 1.45. The molecule has 0 aromatic carbocycles. The lowest BCUT2D eigenvalue weighted by Gasteiger charge is -2.12. The number of aryl methyl sites for hydroxylation is 1. The van der Waals surface area contributed by atoms with Gasteiger partial charge < -0.3 is 5.11 Å². The van der Waals surface area contributed by atoms with Crippen molar-refractivity contribution in [1.29, 1.82) is 0 Å². The predicted octanol–water partition coefficient (Wildman–Crippen LogP) is 0.736. The third-order valence-electron chi connectivity index (χ3n) is 2.39. The number of carboxylic acids is 1. The van der Waals surface area contributed by atoms with Crippen LogP contribution in [0.5, 0.6) is 0 Å². The van der Waals surface area contributed by atoms with Gasteiger partial charge in [-0.05, 0) is 16.3 Å². The molecule has 0 saturated carbocycles. The van der Waals surface area contributed by atoms with Crippen LogP contribution in [0, 0.1) is 5.92 Å². The summed E-state index contributed by atoms with van der Waals surface area (Å²) in [6.45, 7) is 4.53. The van der Waals surface area contributed by atoms with E-state index in [1.807, 2.05) is 13.8 Å². The molecule has 0 saturated heterocycles. The standard InChI is InChI=1S/C9H16N4O2/c1-3-7(5-9(14)15)6-13-8(4-2)10-11-12-13/h7H,3-6H2,1-2H3,(H,14,15). The molecule has 0 aliphatic carbocycles. The van der Waals surface area contributed by atoms with E-state index in [1.54, 1.807) is 4.68 Å². The highest BCUT2D eigenvalue weighted by Crippen LogP contribution is 2.11. The van der Waals surface area contributed by atoms with E-state index in [0.29, 0.717) is 6.54 Å². The van der Waals surface area contributed by atoms with Crippen LogP contribution in [0.1, 0.15) is 32.5 Å². The largest absolute Gasteiger partial charge is 0.481 e. The zero-order valence-electron chi connectivity index (χ0n) is 9.05. The fourth-order valence-electron chi connectivity index (χ4n) is 1.45. The normalized spacial score (nSPS) is 12.7. The lowest BCUT2D eigenvalue weighted by Crippen LogP contribution is -2.17. The second-order valence-electron chi connectivity index (χ2n) is 3.50. The summed E-state index contributed by atoms with van der Waals surface area (Å²) >= 11 is 0. The first-order valence-electron chi connectivity index (χ1n) is 5.14. The van der Waals surface area contributed by atoms with E-state index >= 15 is 0 Å². The Hall–Kier alpha value is -1.46. The highest BCUT2D eigenvalue weighted by atomic mass is 16.4. The molecule has 15 heavy (non-hydrogen) atoms. The minimum Gasteiger partial charge on any atom is -0.481 e. The van der Waals surface area contributed by atoms with Crippen molar-refractivity contribution in [2.75, 3.05) is 0 Å². The Morgan fingerprint density at radius 3 is 2.80 bits per heavy atom. The maximum atomic E-state index is 10.6. The fraction of sp³-hybridized carbons (Fsp3) is 0.778. The van der Waals surface area contributed by atoms with Crippen molar-refractivity contribution in [3.05, 3.63) is 5.82 Å². The molecule has 0 radical (unpaired) electrons. The molecule has 0 amide bonds. The molecule has 0 aliphatic heterocycles. The van der Waals surface area contributed by atoms with Crippen molar-refractivity contribution in [1.82, 2.24) is 20.2 Å². The van der Waals surface area contributed by atoms with Gasteiger partial charge in [0.05, 0.1) is 0 Å². The minimum atomic E-state index is -0.770. The van der Waals surface area contributed by atoms with Crippen molar-refractivity contribution < 1.29 is 9.90 Å². The summed E-state index contributed by atoms with van der Waals surface area (Å²) in [6, 6.07) is 0. The van der Waals surface area contributed by atoms with Crippen molar-refractivity contribution in [2.45, 2.75) is 39.7 Å². The van der Waals surface area contributed by atoms with Gasteiger partial charge in [0.1, 0.15) is 0 Å². The zero-order chi connectivity index (χ0) is 11.3. The van der Waals surface area contributed by atoms with Crippen molar-refractivity contribution in [3.8, 4) is 0 Å². The SMILES string of the molecule is CCc1nnnn1CC(CC)CC(=O)O. The van der Waals surface area contributed by atoms with Gasteiger partial charge in [0.25, 0.3) is 0 Å². The van der Waals surface area contributed by atoms with Gasteiger partial charge >= 0.3 is 5.97 Å². The molecule has 0 spiro atoms. The smallest absolute Gasteiger partial charge is 0.303 e. The molecular formula is C9H16N4O2. The second kappa shape index (κ2) is 5.43. The van der Waals surface area contributed by atoms with Gasteiger partial charge in [-0.25, -0.2) is 4.68 Å². The van der Waals surface area contributed by atoms with Crippen LogP contribution >= 0.6 is 0 Å². The molecule has 6 nitrogen and oxygen atoms in total. The number of rotatable bonds is 6. The summed E-state index contributed by atoms with van der Waals surface area (Å²) in [5, 5.41) is 20.0. The van der Waals surface area contributed by atoms with E-state index in [-0.39, 0.29) is 12.3 Å². The van der Waals surface area contributed by atoms with Crippen LogP contribution < -0.4 is 0 Å². The molecule has 0 bridgehead atoms. The maximum absolute atomic E-state index is 10.6. The predicted molar refractivity (Wildman–Crippen MR) is 53.2 cm³/mol. The number of carboxylic acid groups (broad SMARTS) is 1. The Kier molecular flexibility index (Phi) is 4.20. The van der Waals surface area contributed by atoms with E-state index in [1.165, 1.54) is 0 Å². The van der Waals surface area contributed by atoms with Gasteiger partial charge in [0, 0.05) is 19.4 Å². The van der Waals surface area contributed by atoms with Crippen molar-refractivity contribution >= 4 is 5.97 Å². The van der Waals surface area contributed by atoms with E-state index < -0.39 is 5.97 Å². The molecule has 1 atom stereocenters. The zero-order valence-corrected chi connectivity index (χ0v) is 9.05. The summed E-state index contributed by atoms with van der Waals surface area (Å²) in [6.07, 6.45) is 1.74. The van der Waals surface area contributed by atoms with Gasteiger partial charge in [-0.15, -0.1) is 5.10 Å². The van der Waals surface area contributed by atoms with Crippen LogP contribution in [-0.4, -0.2) is 31.3 Å². The van der Waals surface area contributed by atoms with Gasteiger partial charge in [0.2, 0.25) is 0 Å². The molecule has 0 fully saturated rings. The summed E-state index contributed by atoms with van der Waals surface area (Å²) < 4.78 is 1.69. The molecule has 1 N–H and O–H groups in total. The topological polar surface area (TPSA) is 80.9 Å². The number of hydrogen-bond acceptors (Lipinski definition) is 4. The number of nitrogens with zero attached hydrogens (tertiary/aromatic N) is 4. The van der Waals surface area contributed by atoms with Gasteiger partial charge in [-0.2, -0.15) is 0 Å². The Labute approximate surface area is 88.3 Å². The van der Waals surface area contributed by atoms with Gasteiger partial charge in [-0.1, -0.05) is 20.3 Å². The van der Waals surface area contributed by atoms with Crippen LogP contribution in [-0.2, 0) is 17.8 Å². The van der Waals surface area contributed by atoms with E-state index in [4.69, 9.17) is 5.11 Å². The molecule has 0 aliphatic rings. The first-order chi connectivity index (χ1) is 7.17. The highest BCUT2D eigenvalue weighted by Gasteiger charge is 2.14. The van der Waals surface area contributed by atoms with Gasteiger partial charge in [0.15, 0.2) is 5.82 Å². The van der Waals surface area contributed by atoms with E-state index in [9.17, 15) is 4.79 Å². The first-order valence-corrected chi connectivity index (χ1v) is 5.14. The monoisotopic (exact) mass is 212 g/mol. The molecule has 6 heteroatoms. The third-order valence-corrected chi connectivity index (χ3v) is 2.39. The van der Waals surface area contributed by atoms with Crippen LogP contribution in [0.25, 0.3) is 0 Å². The average molecular weight is 212 g/mol. The quantitative estimate of drug-likeness (QED) is 0.752. The summed E-state index contributed by atoms with van der Waals surface area (Å²) in [5.41, 5.74) is 0. The maximum Gasteiger partial charge on any atom is 0.303 e. The molecule has 1 aromatic rings. The Morgan fingerprint density at radius 1 is 1.53 bits per heavy atom. The summed E-state index contributed by atoms with van der Waals surface area (Å²) in [4.78, 5) is 10.6. The van der Waals surface area contributed by atoms with Gasteiger partial charge in [-0.3, -0.25) is 4.79 Å². The lowest BCUT2D eigenvalue weighted by molar-refractivity contribution is -0.138. The third kappa shape index (κ3) is 3.30. The molecule has 1 aromatic heterocycles. The Bertz CT molecular complexity index is 324. The van der Waals surface area contributed by atoms with Crippen LogP contribution in [0.4, 0.5) is 0 Å². The highest BCUT2D eigenvalue weighted by molar-refractivity contribution is 5.66. The summed E-state index contributed by atoms with van der Waals surface area (Å²) in [7, 11) is 0. The minimum absolute atomic E-state index is 0.0938. The number of aliphatic carboxylic acids is 1. The molecule has 84 valence electrons. The number of carbonyl (C=O) groups is 1. The average Bonchev–Trinajstić information content (AvgIpc) is 2.63. The van der Waals surface area contributed by atoms with Crippen molar-refractivity contribution in [2.24, 2.45) is 5.92 Å². The lowest BCUT2D eigenvalue weighted by atomic mass is 10.0. The number of aromatic nitrogens is 4.